The molecule has 0 saturated heterocycles. The molecule has 0 amide bonds. The van der Waals surface area contributed by atoms with Gasteiger partial charge in [0, 0.05) is 49.0 Å². The number of nitrogens with zero attached hydrogens (tertiary/aromatic N) is 2. The Morgan fingerprint density at radius 1 is 1.45 bits per heavy atom. The second kappa shape index (κ2) is 6.97. The Labute approximate surface area is 126 Å². The predicted molar refractivity (Wildman–Crippen MR) is 79.9 cm³/mol. The summed E-state index contributed by atoms with van der Waals surface area (Å²) in [5, 5.41) is 7.75. The number of hydrogen-bond acceptors (Lipinski definition) is 3. The number of methoxy groups -OCH3 is 1. The van der Waals surface area contributed by atoms with E-state index in [1.165, 1.54) is 12.1 Å². The first-order chi connectivity index (χ1) is 9.61. The van der Waals surface area contributed by atoms with E-state index in [2.05, 4.69) is 26.3 Å². The lowest BCUT2D eigenvalue weighted by Crippen LogP contribution is -2.18. The van der Waals surface area contributed by atoms with Crippen molar-refractivity contribution in [2.45, 2.75) is 6.54 Å². The molecule has 0 unspecified atom stereocenters. The zero-order valence-corrected chi connectivity index (χ0v) is 13.1. The van der Waals surface area contributed by atoms with Gasteiger partial charge in [-0.25, -0.2) is 4.39 Å². The van der Waals surface area contributed by atoms with E-state index in [-0.39, 0.29) is 5.82 Å². The summed E-state index contributed by atoms with van der Waals surface area (Å²) in [5.74, 6) is -0.267. The molecular weight excluding hydrogens is 325 g/mol. The minimum Gasteiger partial charge on any atom is -0.383 e. The first-order valence-corrected chi connectivity index (χ1v) is 7.08. The van der Waals surface area contributed by atoms with Crippen LogP contribution in [-0.2, 0) is 18.3 Å². The first-order valence-electron chi connectivity index (χ1n) is 6.29. The molecule has 1 aromatic heterocycles. The van der Waals surface area contributed by atoms with Crippen LogP contribution in [0.15, 0.2) is 28.9 Å². The fourth-order valence-electron chi connectivity index (χ4n) is 1.97. The molecule has 2 rings (SSSR count). The maximum absolute atomic E-state index is 13.2. The van der Waals surface area contributed by atoms with Crippen molar-refractivity contribution in [1.29, 1.82) is 0 Å². The molecule has 4 nitrogen and oxygen atoms in total. The minimum atomic E-state index is -0.267. The summed E-state index contributed by atoms with van der Waals surface area (Å²) in [6.07, 6.45) is 1.96. The van der Waals surface area contributed by atoms with E-state index in [1.807, 2.05) is 13.2 Å². The molecule has 0 aliphatic rings. The molecule has 0 aliphatic carbocycles. The van der Waals surface area contributed by atoms with Gasteiger partial charge in [0.2, 0.25) is 0 Å². The average molecular weight is 342 g/mol. The molecular formula is C14H17BrFN3O. The van der Waals surface area contributed by atoms with E-state index in [0.29, 0.717) is 17.6 Å². The van der Waals surface area contributed by atoms with Crippen LogP contribution in [0.5, 0.6) is 0 Å². The second-order valence-corrected chi connectivity index (χ2v) is 5.32. The molecule has 0 saturated carbocycles. The summed E-state index contributed by atoms with van der Waals surface area (Å²) in [4.78, 5) is 0. The van der Waals surface area contributed by atoms with Crippen LogP contribution in [0, 0.1) is 5.82 Å². The monoisotopic (exact) mass is 341 g/mol. The topological polar surface area (TPSA) is 39.1 Å². The Bertz CT molecular complexity index is 586. The van der Waals surface area contributed by atoms with Gasteiger partial charge in [-0.15, -0.1) is 0 Å². The zero-order valence-electron chi connectivity index (χ0n) is 11.5. The van der Waals surface area contributed by atoms with Gasteiger partial charge >= 0.3 is 0 Å². The van der Waals surface area contributed by atoms with Gasteiger partial charge in [0.25, 0.3) is 0 Å². The number of aromatic nitrogens is 2. The first kappa shape index (κ1) is 15.2. The van der Waals surface area contributed by atoms with E-state index < -0.39 is 0 Å². The van der Waals surface area contributed by atoms with Crippen LogP contribution in [-0.4, -0.2) is 30.0 Å². The zero-order chi connectivity index (χ0) is 14.5. The third kappa shape index (κ3) is 3.65. The molecule has 2 aromatic rings. The summed E-state index contributed by atoms with van der Waals surface area (Å²) in [5.41, 5.74) is 2.80. The molecule has 0 radical (unpaired) electrons. The molecule has 108 valence electrons. The predicted octanol–water partition coefficient (Wildman–Crippen LogP) is 2.72. The van der Waals surface area contributed by atoms with Gasteiger partial charge in [-0.3, -0.25) is 4.68 Å². The summed E-state index contributed by atoms with van der Waals surface area (Å²) >= 11 is 3.39. The molecule has 0 fully saturated rings. The molecule has 1 heterocycles. The van der Waals surface area contributed by atoms with Crippen LogP contribution in [0.4, 0.5) is 4.39 Å². The molecule has 0 bridgehead atoms. The summed E-state index contributed by atoms with van der Waals surface area (Å²) in [6.45, 7) is 2.13. The van der Waals surface area contributed by atoms with Crippen molar-refractivity contribution >= 4 is 15.9 Å². The highest BCUT2D eigenvalue weighted by Crippen LogP contribution is 2.30. The fourth-order valence-corrected chi connectivity index (χ4v) is 2.51. The van der Waals surface area contributed by atoms with Gasteiger partial charge in [-0.05, 0) is 34.1 Å². The van der Waals surface area contributed by atoms with E-state index in [4.69, 9.17) is 4.74 Å². The molecule has 0 spiro atoms. The molecule has 6 heteroatoms. The van der Waals surface area contributed by atoms with Crippen molar-refractivity contribution in [1.82, 2.24) is 15.1 Å². The highest BCUT2D eigenvalue weighted by Gasteiger charge is 2.13. The number of aryl methyl sites for hydroxylation is 1. The van der Waals surface area contributed by atoms with Crippen LogP contribution >= 0.6 is 15.9 Å². The van der Waals surface area contributed by atoms with Crippen molar-refractivity contribution in [3.05, 3.63) is 40.2 Å². The third-order valence-electron chi connectivity index (χ3n) is 2.89. The number of nitrogens with one attached hydrogen (secondary N) is 1. The van der Waals surface area contributed by atoms with Crippen molar-refractivity contribution in [2.24, 2.45) is 7.05 Å². The fraction of sp³-hybridized carbons (Fsp3) is 0.357. The Morgan fingerprint density at radius 2 is 2.25 bits per heavy atom. The molecule has 0 atom stereocenters. The molecule has 0 aliphatic heterocycles. The smallest absolute Gasteiger partial charge is 0.124 e. The lowest BCUT2D eigenvalue weighted by molar-refractivity contribution is 0.199. The van der Waals surface area contributed by atoms with Crippen molar-refractivity contribution in [2.75, 3.05) is 20.3 Å². The number of hydrogen-bond donors (Lipinski definition) is 1. The quantitative estimate of drug-likeness (QED) is 0.821. The van der Waals surface area contributed by atoms with Gasteiger partial charge in [0.1, 0.15) is 5.82 Å². The average Bonchev–Trinajstić information content (AvgIpc) is 2.76. The second-order valence-electron chi connectivity index (χ2n) is 4.47. The maximum atomic E-state index is 13.2. The SMILES string of the molecule is COCCNCc1cn(C)nc1-c1ccc(F)cc1Br. The number of rotatable bonds is 6. The lowest BCUT2D eigenvalue weighted by Gasteiger charge is -2.06. The normalized spacial score (nSPS) is 11.0. The van der Waals surface area contributed by atoms with Gasteiger partial charge in [-0.2, -0.15) is 5.10 Å². The van der Waals surface area contributed by atoms with Gasteiger partial charge in [0.05, 0.1) is 12.3 Å². The van der Waals surface area contributed by atoms with Crippen LogP contribution in [0.3, 0.4) is 0 Å². The van der Waals surface area contributed by atoms with E-state index >= 15 is 0 Å². The Balaban J connectivity index is 2.22. The van der Waals surface area contributed by atoms with Gasteiger partial charge < -0.3 is 10.1 Å². The minimum absolute atomic E-state index is 0.267. The summed E-state index contributed by atoms with van der Waals surface area (Å²) in [6, 6.07) is 4.63. The molecule has 1 N–H and O–H groups in total. The molecule has 1 aromatic carbocycles. The standard InChI is InChI=1S/C14H17BrFN3O/c1-19-9-10(8-17-5-6-20-2)14(18-19)12-4-3-11(16)7-13(12)15/h3-4,7,9,17H,5-6,8H2,1-2H3. The van der Waals surface area contributed by atoms with Crippen LogP contribution in [0.2, 0.25) is 0 Å². The highest BCUT2D eigenvalue weighted by atomic mass is 79.9. The van der Waals surface area contributed by atoms with Crippen LogP contribution < -0.4 is 5.32 Å². The third-order valence-corrected chi connectivity index (χ3v) is 3.55. The van der Waals surface area contributed by atoms with Crippen LogP contribution in [0.1, 0.15) is 5.56 Å². The van der Waals surface area contributed by atoms with E-state index in [0.717, 1.165) is 23.4 Å². The van der Waals surface area contributed by atoms with Crippen molar-refractivity contribution in [3.8, 4) is 11.3 Å². The number of ether oxygens (including phenoxy) is 1. The summed E-state index contributed by atoms with van der Waals surface area (Å²) in [7, 11) is 3.55. The Kier molecular flexibility index (Phi) is 5.28. The van der Waals surface area contributed by atoms with Crippen molar-refractivity contribution in [3.63, 3.8) is 0 Å². The van der Waals surface area contributed by atoms with E-state index in [9.17, 15) is 4.39 Å². The van der Waals surface area contributed by atoms with Gasteiger partial charge in [0.15, 0.2) is 0 Å². The summed E-state index contributed by atoms with van der Waals surface area (Å²) < 4.78 is 20.6. The lowest BCUT2D eigenvalue weighted by atomic mass is 10.1. The number of benzene rings is 1. The van der Waals surface area contributed by atoms with E-state index in [1.54, 1.807) is 17.9 Å². The Hall–Kier alpha value is -1.24. The highest BCUT2D eigenvalue weighted by molar-refractivity contribution is 9.10. The van der Waals surface area contributed by atoms with Crippen molar-refractivity contribution < 1.29 is 9.13 Å². The Morgan fingerprint density at radius 3 is 2.95 bits per heavy atom. The largest absolute Gasteiger partial charge is 0.383 e. The molecule has 20 heavy (non-hydrogen) atoms. The number of halogens is 2. The maximum Gasteiger partial charge on any atom is 0.124 e. The van der Waals surface area contributed by atoms with Crippen LogP contribution in [0.25, 0.3) is 11.3 Å². The van der Waals surface area contributed by atoms with Gasteiger partial charge in [-0.1, -0.05) is 0 Å².